The number of hydrogen-bond donors (Lipinski definition) is 1. The molecule has 24 heavy (non-hydrogen) atoms. The number of pyridine rings is 1. The van der Waals surface area contributed by atoms with E-state index < -0.39 is 0 Å². The van der Waals surface area contributed by atoms with Crippen LogP contribution in [0.1, 0.15) is 11.3 Å². The predicted molar refractivity (Wildman–Crippen MR) is 87.0 cm³/mol. The summed E-state index contributed by atoms with van der Waals surface area (Å²) >= 11 is 0. The van der Waals surface area contributed by atoms with Crippen molar-refractivity contribution in [3.8, 4) is 11.5 Å². The quantitative estimate of drug-likeness (QED) is 0.768. The Bertz CT molecular complexity index is 900. The molecule has 122 valence electrons. The summed E-state index contributed by atoms with van der Waals surface area (Å²) in [5.41, 5.74) is 1.96. The zero-order valence-electron chi connectivity index (χ0n) is 13.1. The number of furan rings is 1. The minimum absolute atomic E-state index is 0.0672. The molecule has 0 unspecified atom stereocenters. The van der Waals surface area contributed by atoms with Gasteiger partial charge in [-0.05, 0) is 36.8 Å². The fourth-order valence-electron chi connectivity index (χ4n) is 2.19. The number of hydrogen-bond acceptors (Lipinski definition) is 5. The third-order valence-corrected chi connectivity index (χ3v) is 3.42. The third-order valence-electron chi connectivity index (χ3n) is 3.42. The topological polar surface area (TPSA) is 90.0 Å². The number of aromatic nitrogens is 3. The molecule has 0 atom stereocenters. The molecule has 0 aliphatic carbocycles. The van der Waals surface area contributed by atoms with Crippen molar-refractivity contribution < 1.29 is 9.21 Å². The van der Waals surface area contributed by atoms with Crippen LogP contribution in [-0.2, 0) is 17.9 Å². The maximum absolute atomic E-state index is 12.0. The summed E-state index contributed by atoms with van der Waals surface area (Å²) in [5, 5.41) is 2.78. The van der Waals surface area contributed by atoms with E-state index in [0.29, 0.717) is 23.7 Å². The molecule has 3 rings (SSSR count). The lowest BCUT2D eigenvalue weighted by Crippen LogP contribution is -2.32. The summed E-state index contributed by atoms with van der Waals surface area (Å²) in [6, 6.07) is 8.66. The van der Waals surface area contributed by atoms with Crippen LogP contribution in [0.5, 0.6) is 0 Å². The smallest absolute Gasteiger partial charge is 0.253 e. The van der Waals surface area contributed by atoms with Crippen molar-refractivity contribution in [1.29, 1.82) is 0 Å². The second kappa shape index (κ2) is 6.91. The first-order valence-corrected chi connectivity index (χ1v) is 7.40. The van der Waals surface area contributed by atoms with Gasteiger partial charge in [-0.15, -0.1) is 0 Å². The number of rotatable bonds is 5. The summed E-state index contributed by atoms with van der Waals surface area (Å²) in [4.78, 5) is 32.0. The zero-order valence-corrected chi connectivity index (χ0v) is 13.1. The van der Waals surface area contributed by atoms with Crippen molar-refractivity contribution in [3.05, 3.63) is 70.7 Å². The SMILES string of the molecule is Cc1cc(=O)n(CC(=O)NCc2ccnc(-c3ccco3)c2)cn1. The summed E-state index contributed by atoms with van der Waals surface area (Å²) < 4.78 is 6.57. The molecule has 3 aromatic rings. The van der Waals surface area contributed by atoms with Gasteiger partial charge in [-0.3, -0.25) is 19.1 Å². The molecule has 7 nitrogen and oxygen atoms in total. The lowest BCUT2D eigenvalue weighted by atomic mass is 10.2. The monoisotopic (exact) mass is 324 g/mol. The molecule has 0 radical (unpaired) electrons. The second-order valence-electron chi connectivity index (χ2n) is 5.30. The molecule has 3 aromatic heterocycles. The molecule has 0 aliphatic heterocycles. The first-order valence-electron chi connectivity index (χ1n) is 7.40. The van der Waals surface area contributed by atoms with Gasteiger partial charge in [0.1, 0.15) is 12.2 Å². The third kappa shape index (κ3) is 3.75. The van der Waals surface area contributed by atoms with E-state index in [4.69, 9.17) is 4.42 Å². The van der Waals surface area contributed by atoms with Gasteiger partial charge in [-0.2, -0.15) is 0 Å². The summed E-state index contributed by atoms with van der Waals surface area (Å²) in [6.45, 7) is 2.00. The van der Waals surface area contributed by atoms with Crippen LogP contribution >= 0.6 is 0 Å². The van der Waals surface area contributed by atoms with Crippen LogP contribution in [0.2, 0.25) is 0 Å². The first-order chi connectivity index (χ1) is 11.6. The van der Waals surface area contributed by atoms with Gasteiger partial charge in [0.15, 0.2) is 5.76 Å². The highest BCUT2D eigenvalue weighted by Crippen LogP contribution is 2.17. The van der Waals surface area contributed by atoms with Crippen LogP contribution < -0.4 is 10.9 Å². The van der Waals surface area contributed by atoms with Gasteiger partial charge in [-0.1, -0.05) is 0 Å². The predicted octanol–water partition coefficient (Wildman–Crippen LogP) is 1.52. The highest BCUT2D eigenvalue weighted by molar-refractivity contribution is 5.75. The van der Waals surface area contributed by atoms with E-state index in [0.717, 1.165) is 5.56 Å². The summed E-state index contributed by atoms with van der Waals surface area (Å²) in [6.07, 6.45) is 4.62. The summed E-state index contributed by atoms with van der Waals surface area (Å²) in [7, 11) is 0. The molecule has 0 bridgehead atoms. The molecule has 0 aromatic carbocycles. The second-order valence-corrected chi connectivity index (χ2v) is 5.30. The van der Waals surface area contributed by atoms with E-state index in [9.17, 15) is 9.59 Å². The van der Waals surface area contributed by atoms with E-state index >= 15 is 0 Å². The Kier molecular flexibility index (Phi) is 4.51. The maximum Gasteiger partial charge on any atom is 0.253 e. The van der Waals surface area contributed by atoms with Crippen molar-refractivity contribution in [2.45, 2.75) is 20.0 Å². The number of carbonyl (C=O) groups is 1. The molecular formula is C17H16N4O3. The van der Waals surface area contributed by atoms with E-state index in [1.807, 2.05) is 18.2 Å². The van der Waals surface area contributed by atoms with E-state index in [1.165, 1.54) is 17.0 Å². The number of nitrogens with zero attached hydrogens (tertiary/aromatic N) is 3. The lowest BCUT2D eigenvalue weighted by molar-refractivity contribution is -0.121. The molecule has 0 saturated carbocycles. The number of carbonyl (C=O) groups excluding carboxylic acids is 1. The van der Waals surface area contributed by atoms with Crippen LogP contribution in [0.3, 0.4) is 0 Å². The maximum atomic E-state index is 12.0. The van der Waals surface area contributed by atoms with Crippen molar-refractivity contribution in [1.82, 2.24) is 19.9 Å². The molecule has 3 heterocycles. The van der Waals surface area contributed by atoms with Crippen molar-refractivity contribution in [2.24, 2.45) is 0 Å². The van der Waals surface area contributed by atoms with Crippen molar-refractivity contribution >= 4 is 5.91 Å². The van der Waals surface area contributed by atoms with Crippen LogP contribution in [0.4, 0.5) is 0 Å². The fourth-order valence-corrected chi connectivity index (χ4v) is 2.19. The van der Waals surface area contributed by atoms with Gasteiger partial charge in [-0.25, -0.2) is 4.98 Å². The van der Waals surface area contributed by atoms with E-state index in [-0.39, 0.29) is 18.0 Å². The zero-order chi connectivity index (χ0) is 16.9. The highest BCUT2D eigenvalue weighted by atomic mass is 16.3. The Hall–Kier alpha value is -3.22. The Balaban J connectivity index is 1.62. The molecule has 0 fully saturated rings. The minimum Gasteiger partial charge on any atom is -0.463 e. The van der Waals surface area contributed by atoms with E-state index in [1.54, 1.807) is 25.5 Å². The molecule has 0 saturated heterocycles. The molecular weight excluding hydrogens is 308 g/mol. The van der Waals surface area contributed by atoms with Gasteiger partial charge >= 0.3 is 0 Å². The van der Waals surface area contributed by atoms with Crippen LogP contribution in [0, 0.1) is 6.92 Å². The molecule has 1 N–H and O–H groups in total. The normalized spacial score (nSPS) is 10.5. The Morgan fingerprint density at radius 1 is 1.29 bits per heavy atom. The van der Waals surface area contributed by atoms with Gasteiger partial charge in [0.25, 0.3) is 5.56 Å². The number of nitrogens with one attached hydrogen (secondary N) is 1. The van der Waals surface area contributed by atoms with Crippen molar-refractivity contribution in [2.75, 3.05) is 0 Å². The fraction of sp³-hybridized carbons (Fsp3) is 0.176. The Morgan fingerprint density at radius 2 is 2.17 bits per heavy atom. The van der Waals surface area contributed by atoms with Crippen molar-refractivity contribution in [3.63, 3.8) is 0 Å². The number of aryl methyl sites for hydroxylation is 1. The minimum atomic E-state index is -0.265. The summed E-state index contributed by atoms with van der Waals surface area (Å²) in [5.74, 6) is 0.402. The van der Waals surface area contributed by atoms with Gasteiger partial charge < -0.3 is 9.73 Å². The van der Waals surface area contributed by atoms with Gasteiger partial charge in [0.05, 0.1) is 12.6 Å². The van der Waals surface area contributed by atoms with Crippen LogP contribution in [0.25, 0.3) is 11.5 Å². The molecule has 1 amide bonds. The average Bonchev–Trinajstić information content (AvgIpc) is 3.10. The largest absolute Gasteiger partial charge is 0.463 e. The number of amides is 1. The lowest BCUT2D eigenvalue weighted by Gasteiger charge is -2.08. The molecule has 0 aliphatic rings. The van der Waals surface area contributed by atoms with Gasteiger partial charge in [0.2, 0.25) is 5.91 Å². The highest BCUT2D eigenvalue weighted by Gasteiger charge is 2.07. The first kappa shape index (κ1) is 15.7. The average molecular weight is 324 g/mol. The standard InChI is InChI=1S/C17H16N4O3/c1-12-7-17(23)21(11-20-12)10-16(22)19-9-13-4-5-18-14(8-13)15-3-2-6-24-15/h2-8,11H,9-10H2,1H3,(H,19,22). The van der Waals surface area contributed by atoms with Gasteiger partial charge in [0, 0.05) is 24.5 Å². The van der Waals surface area contributed by atoms with E-state index in [2.05, 4.69) is 15.3 Å². The molecule has 7 heteroatoms. The Labute approximate surface area is 138 Å². The van der Waals surface area contributed by atoms with Crippen LogP contribution in [-0.4, -0.2) is 20.4 Å². The van der Waals surface area contributed by atoms with Crippen LogP contribution in [0.15, 0.2) is 58.3 Å². The Morgan fingerprint density at radius 3 is 2.92 bits per heavy atom. The molecule has 0 spiro atoms.